The largest absolute Gasteiger partial charge is 2.00 e. The molecule has 0 radical (unpaired) electrons. The molecule has 4 atom stereocenters. The second kappa shape index (κ2) is 47.8. The first-order valence-corrected chi connectivity index (χ1v) is 35.0. The molecule has 0 aliphatic carbocycles. The minimum Gasteiger partial charge on any atom is -0.494 e. The fourth-order valence-corrected chi connectivity index (χ4v) is 12.6. The molecular weight excluding hydrogens is 1520 g/mol. The minimum atomic E-state index is -4.73. The molecule has 0 spiro atoms. The van der Waals surface area contributed by atoms with Crippen LogP contribution in [-0.4, -0.2) is 297 Å². The van der Waals surface area contributed by atoms with Gasteiger partial charge in [-0.1, -0.05) is 6.07 Å². The Morgan fingerprint density at radius 3 is 1.98 bits per heavy atom. The number of hydrogen-bond acceptors (Lipinski definition) is 24. The normalized spacial score (nSPS) is 13.0. The molecular formula is C62H101GdN12O24S2+3. The van der Waals surface area contributed by atoms with Gasteiger partial charge in [-0.3, -0.25) is 47.9 Å². The number of nitrogens with zero attached hydrogens (tertiary/aromatic N) is 5. The van der Waals surface area contributed by atoms with Gasteiger partial charge in [0.1, 0.15) is 36.5 Å². The Morgan fingerprint density at radius 2 is 1.43 bits per heavy atom. The Morgan fingerprint density at radius 1 is 0.802 bits per heavy atom. The number of fused-ring (bicyclic) bond motifs is 1. The first kappa shape index (κ1) is 92.7. The monoisotopic (exact) mass is 1620 g/mol. The van der Waals surface area contributed by atoms with Crippen molar-refractivity contribution in [2.24, 2.45) is 7.05 Å². The fourth-order valence-electron chi connectivity index (χ4n) is 10.3. The van der Waals surface area contributed by atoms with Gasteiger partial charge in [-0.25, -0.2) is 18.2 Å². The molecule has 2 heterocycles. The van der Waals surface area contributed by atoms with Crippen LogP contribution in [0.3, 0.4) is 0 Å². The number of ether oxygens (including phenoxy) is 4. The first-order valence-electron chi connectivity index (χ1n) is 31.9. The number of H-pyrrole nitrogens is 1. The number of quaternary nitrogens is 1. The molecule has 0 saturated heterocycles. The molecule has 16 N–H and O–H groups in total. The van der Waals surface area contributed by atoms with Crippen LogP contribution in [0.5, 0.6) is 5.75 Å². The van der Waals surface area contributed by atoms with E-state index in [1.807, 2.05) is 0 Å². The minimum absolute atomic E-state index is 0. The van der Waals surface area contributed by atoms with Crippen molar-refractivity contribution < 1.29 is 154 Å². The molecule has 0 saturated carbocycles. The number of carbonyl (C=O) groups excluding carboxylic acids is 4. The van der Waals surface area contributed by atoms with Gasteiger partial charge in [-0.2, -0.15) is 13.1 Å². The number of aliphatic hydroxyl groups is 3. The number of Topliss-reactive ketones (excluding diaryl/α,β-unsaturated/α-hetero) is 1. The molecule has 36 nitrogen and oxygen atoms in total. The number of aliphatic hydroxyl groups excluding tert-OH is 3. The standard InChI is InChI=1S/C61H94N12O22S2.CH4O.Gd.H2O/c1-41(2)72(35-54(78)79)33-45(13-18-71(40-75)19-20-73(6,37-55(80)81)36-46(76)38-74)68-51(39-96(87,88)89)59(84)63-15-9-22-93-25-27-94-26-24-92-21-8-14-62-53(77)10-7-23-95-47-28-42(3)57(43(4)29-47)97(90,91)69-50(60(85)86)32-66-58(83)49-34-70(5)52-30-44(11-12-48(52)56(49)82)31-67-61-64-16-17-65-61;1-2;;/h11-12,16-17,28-30,34,41,45,50-51,68-69,74-75H,7-10,13-15,18-27,31-33,35-40H2,1-6H3,(H8-,62,63,64,65,66,67,77,78,79,80,81,83,84,85,86,87,88,89);2H,1H3;;1H2/q;;+2;/p+1/t45?,50-,51-,73?;;;/m0.../s1. The quantitative estimate of drug-likeness (QED) is 0.00933. The zero-order valence-corrected chi connectivity index (χ0v) is 61.8. The summed E-state index contributed by atoms with van der Waals surface area (Å²) in [5, 5.41) is 69.7. The van der Waals surface area contributed by atoms with Crippen molar-refractivity contribution in [1.82, 2.24) is 50.3 Å². The molecule has 101 heavy (non-hydrogen) atoms. The molecule has 39 heteroatoms. The summed E-state index contributed by atoms with van der Waals surface area (Å²) < 4.78 is 87.4. The number of aromatic nitrogens is 3. The Bertz CT molecular complexity index is 3510. The summed E-state index contributed by atoms with van der Waals surface area (Å²) in [6.07, 6.45) is 6.00. The topological polar surface area (TPSA) is 527 Å². The number of anilines is 1. The van der Waals surface area contributed by atoms with E-state index in [0.29, 0.717) is 56.2 Å². The maximum Gasteiger partial charge on any atom is 2.00 e. The van der Waals surface area contributed by atoms with E-state index in [0.717, 1.165) is 12.7 Å². The Labute approximate surface area is 619 Å². The van der Waals surface area contributed by atoms with Gasteiger partial charge >= 0.3 is 57.8 Å². The number of carboxylic acids is 3. The third-order valence-electron chi connectivity index (χ3n) is 15.2. The van der Waals surface area contributed by atoms with E-state index in [1.165, 1.54) is 44.1 Å². The molecule has 2 aromatic carbocycles. The van der Waals surface area contributed by atoms with Crippen LogP contribution in [-0.2, 0) is 76.7 Å². The Hall–Kier alpha value is -6.35. The van der Waals surface area contributed by atoms with E-state index in [2.05, 4.69) is 41.3 Å². The number of carboxylic acid groups (broad SMARTS) is 3. The van der Waals surface area contributed by atoms with Crippen LogP contribution in [0.15, 0.2) is 58.6 Å². The third-order valence-corrected chi connectivity index (χ3v) is 17.7. The molecule has 4 aromatic rings. The van der Waals surface area contributed by atoms with Crippen LogP contribution in [0, 0.1) is 53.8 Å². The first-order chi connectivity index (χ1) is 46.8. The smallest absolute Gasteiger partial charge is 0.494 e. The van der Waals surface area contributed by atoms with Gasteiger partial charge in [-0.05, 0) is 94.3 Å². The van der Waals surface area contributed by atoms with E-state index in [9.17, 15) is 85.3 Å². The average molecular weight is 1620 g/mol. The van der Waals surface area contributed by atoms with Crippen LogP contribution in [0.1, 0.15) is 73.0 Å². The van der Waals surface area contributed by atoms with Crippen LogP contribution < -0.4 is 41.5 Å². The molecule has 3 amide bonds. The SMILES string of the molecule is CO.Cc1cc(OCCCC(=O)NCCCOCCOCCOCCCNC(=O)[C@H](CS(=O)(=O)O)NC(CCN(CO)CC[N+](C)(CC(=O)O)CC(=O)CO)CN(CC(=O)O)C(C)C)cc(C)c1S(=O)(=O)N[C@@H](CNC(=O)c1cn(C)c2cc(CNc3ncc[nH]3)ccc2c1=O)C(=O)O.O.[Gd+2]. The second-order valence-corrected chi connectivity index (χ2v) is 26.9. The molecule has 0 fully saturated rings. The van der Waals surface area contributed by atoms with Gasteiger partial charge in [0, 0.05) is 116 Å². The number of imidazole rings is 1. The zero-order chi connectivity index (χ0) is 73.9. The van der Waals surface area contributed by atoms with Crippen molar-refractivity contribution in [1.29, 1.82) is 0 Å². The summed E-state index contributed by atoms with van der Waals surface area (Å²) >= 11 is 0. The van der Waals surface area contributed by atoms with Crippen molar-refractivity contribution in [3.8, 4) is 5.75 Å². The number of carbonyl (C=O) groups is 7. The Balaban J connectivity index is 0.0000126. The van der Waals surface area contributed by atoms with Gasteiger partial charge in [0.2, 0.25) is 33.0 Å². The number of nitrogens with one attached hydrogen (secondary N) is 7. The summed E-state index contributed by atoms with van der Waals surface area (Å²) in [6.45, 7) is 6.07. The van der Waals surface area contributed by atoms with Gasteiger partial charge in [0.05, 0.1) is 76.1 Å². The van der Waals surface area contributed by atoms with Crippen LogP contribution in [0.2, 0.25) is 0 Å². The van der Waals surface area contributed by atoms with Gasteiger partial charge in [0.15, 0.2) is 12.5 Å². The maximum atomic E-state index is 13.7. The summed E-state index contributed by atoms with van der Waals surface area (Å²) in [5.41, 5.74) is 0.993. The predicted molar refractivity (Wildman–Crippen MR) is 365 cm³/mol. The number of aromatic amines is 1. The zero-order valence-electron chi connectivity index (χ0n) is 57.9. The number of aliphatic carboxylic acids is 3. The summed E-state index contributed by atoms with van der Waals surface area (Å²) in [7, 11) is -5.05. The number of pyridine rings is 1. The van der Waals surface area contributed by atoms with E-state index in [4.69, 9.17) is 24.1 Å². The number of sulfonamides is 1. The third kappa shape index (κ3) is 35.1. The number of aryl methyl sites for hydroxylation is 3. The molecule has 2 unspecified atom stereocenters. The average Bonchev–Trinajstić information content (AvgIpc) is 0.989. The molecule has 0 bridgehead atoms. The van der Waals surface area contributed by atoms with Crippen molar-refractivity contribution in [3.63, 3.8) is 0 Å². The van der Waals surface area contributed by atoms with Gasteiger partial charge < -0.3 is 95.7 Å². The number of likely N-dealkylation sites (N-methyl/N-ethyl adjacent to an activating group) is 1. The number of amides is 3. The van der Waals surface area contributed by atoms with E-state index < -0.39 is 118 Å². The summed E-state index contributed by atoms with van der Waals surface area (Å²) in [6, 6.07) is 3.62. The molecule has 0 aliphatic rings. The summed E-state index contributed by atoms with van der Waals surface area (Å²) in [5.74, 6) is -6.50. The molecule has 4 rings (SSSR count). The Kier molecular flexibility index (Phi) is 43.9. The fraction of sp³-hybridized carbons (Fsp3) is 0.597. The van der Waals surface area contributed by atoms with Crippen molar-refractivity contribution in [2.45, 2.75) is 95.4 Å². The number of rotatable bonds is 51. The van der Waals surface area contributed by atoms with E-state index in [1.54, 1.807) is 61.0 Å². The second-order valence-electron chi connectivity index (χ2n) is 23.8. The van der Waals surface area contributed by atoms with Gasteiger partial charge in [-0.15, -0.1) is 0 Å². The number of ketones is 1. The van der Waals surface area contributed by atoms with E-state index in [-0.39, 0.29) is 181 Å². The van der Waals surface area contributed by atoms with Crippen LogP contribution in [0.4, 0.5) is 5.95 Å². The molecule has 0 aliphatic heterocycles. The van der Waals surface area contributed by atoms with Crippen molar-refractivity contribution in [3.05, 3.63) is 81.4 Å². The molecule has 2 aromatic heterocycles. The number of hydrogen-bond donors (Lipinski definition) is 14. The van der Waals surface area contributed by atoms with Crippen molar-refractivity contribution in [2.75, 3.05) is 150 Å². The van der Waals surface area contributed by atoms with Crippen molar-refractivity contribution >= 4 is 78.4 Å². The molecule has 570 valence electrons. The van der Waals surface area contributed by atoms with Crippen LogP contribution >= 0.6 is 0 Å². The summed E-state index contributed by atoms with van der Waals surface area (Å²) in [4.78, 5) is 110. The predicted octanol–water partition coefficient (Wildman–Crippen LogP) is -2.60. The van der Waals surface area contributed by atoms with Gasteiger partial charge in [0.25, 0.3) is 16.0 Å². The maximum absolute atomic E-state index is 13.7. The van der Waals surface area contributed by atoms with Crippen LogP contribution in [0.25, 0.3) is 10.9 Å². The van der Waals surface area contributed by atoms with E-state index >= 15 is 0 Å². The number of benzene rings is 2.